The second kappa shape index (κ2) is 5.13. The standard InChI is InChI=1S/C12H17ClFNO/c1-8(12(2,3)16)15-7-9-4-5-11(14)10(13)6-9/h4-6,8,15-16H,7H2,1-3H3. The van der Waals surface area contributed by atoms with E-state index in [1.807, 2.05) is 6.92 Å². The molecule has 0 amide bonds. The molecule has 2 N–H and O–H groups in total. The summed E-state index contributed by atoms with van der Waals surface area (Å²) in [6, 6.07) is 4.54. The fourth-order valence-electron chi connectivity index (χ4n) is 1.17. The molecule has 0 aliphatic heterocycles. The quantitative estimate of drug-likeness (QED) is 0.855. The second-order valence-electron chi connectivity index (χ2n) is 4.50. The lowest BCUT2D eigenvalue weighted by Gasteiger charge is -2.26. The van der Waals surface area contributed by atoms with Crippen LogP contribution in [0.4, 0.5) is 4.39 Å². The third-order valence-electron chi connectivity index (χ3n) is 2.66. The van der Waals surface area contributed by atoms with Crippen LogP contribution in [0.2, 0.25) is 5.02 Å². The molecule has 16 heavy (non-hydrogen) atoms. The number of benzene rings is 1. The first kappa shape index (κ1) is 13.4. The monoisotopic (exact) mass is 245 g/mol. The normalized spacial score (nSPS) is 13.9. The molecule has 2 nitrogen and oxygen atoms in total. The smallest absolute Gasteiger partial charge is 0.141 e. The molecule has 1 rings (SSSR count). The summed E-state index contributed by atoms with van der Waals surface area (Å²) < 4.78 is 12.9. The fraction of sp³-hybridized carbons (Fsp3) is 0.500. The van der Waals surface area contributed by atoms with Crippen LogP contribution in [0.15, 0.2) is 18.2 Å². The molecule has 0 aliphatic rings. The van der Waals surface area contributed by atoms with Gasteiger partial charge < -0.3 is 10.4 Å². The zero-order valence-electron chi connectivity index (χ0n) is 9.72. The minimum Gasteiger partial charge on any atom is -0.389 e. The van der Waals surface area contributed by atoms with Crippen molar-refractivity contribution < 1.29 is 9.50 Å². The maximum atomic E-state index is 12.9. The van der Waals surface area contributed by atoms with Crippen LogP contribution >= 0.6 is 11.6 Å². The van der Waals surface area contributed by atoms with Gasteiger partial charge >= 0.3 is 0 Å². The van der Waals surface area contributed by atoms with E-state index in [-0.39, 0.29) is 11.1 Å². The van der Waals surface area contributed by atoms with E-state index in [1.165, 1.54) is 6.07 Å². The first-order valence-corrected chi connectivity index (χ1v) is 5.58. The van der Waals surface area contributed by atoms with Crippen LogP contribution in [-0.2, 0) is 6.54 Å². The van der Waals surface area contributed by atoms with Crippen LogP contribution in [0.25, 0.3) is 0 Å². The molecular weight excluding hydrogens is 229 g/mol. The lowest BCUT2D eigenvalue weighted by molar-refractivity contribution is 0.0437. The number of aliphatic hydroxyl groups is 1. The Morgan fingerprint density at radius 3 is 2.62 bits per heavy atom. The van der Waals surface area contributed by atoms with Gasteiger partial charge in [0, 0.05) is 12.6 Å². The third-order valence-corrected chi connectivity index (χ3v) is 2.95. The van der Waals surface area contributed by atoms with Crippen LogP contribution in [0, 0.1) is 5.82 Å². The molecule has 0 spiro atoms. The van der Waals surface area contributed by atoms with E-state index in [0.29, 0.717) is 6.54 Å². The Morgan fingerprint density at radius 2 is 2.12 bits per heavy atom. The van der Waals surface area contributed by atoms with Crippen molar-refractivity contribution in [3.8, 4) is 0 Å². The number of hydrogen-bond donors (Lipinski definition) is 2. The van der Waals surface area contributed by atoms with Crippen molar-refractivity contribution in [2.45, 2.75) is 39.0 Å². The largest absolute Gasteiger partial charge is 0.389 e. The van der Waals surface area contributed by atoms with Crippen LogP contribution in [0.1, 0.15) is 26.3 Å². The predicted molar refractivity (Wildman–Crippen MR) is 64.0 cm³/mol. The predicted octanol–water partition coefficient (Wildman–Crippen LogP) is 2.73. The average Bonchev–Trinajstić information content (AvgIpc) is 2.18. The Kier molecular flexibility index (Phi) is 4.30. The van der Waals surface area contributed by atoms with E-state index >= 15 is 0 Å². The van der Waals surface area contributed by atoms with Gasteiger partial charge in [-0.3, -0.25) is 0 Å². The first-order chi connectivity index (χ1) is 7.30. The molecule has 0 saturated heterocycles. The zero-order chi connectivity index (χ0) is 12.3. The van der Waals surface area contributed by atoms with Gasteiger partial charge in [-0.25, -0.2) is 4.39 Å². The molecule has 90 valence electrons. The van der Waals surface area contributed by atoms with Crippen molar-refractivity contribution in [2.24, 2.45) is 0 Å². The Labute approximate surface area is 100 Å². The van der Waals surface area contributed by atoms with E-state index in [2.05, 4.69) is 5.32 Å². The molecule has 0 heterocycles. The van der Waals surface area contributed by atoms with Crippen LogP contribution in [-0.4, -0.2) is 16.7 Å². The van der Waals surface area contributed by atoms with E-state index in [9.17, 15) is 9.50 Å². The van der Waals surface area contributed by atoms with Gasteiger partial charge in [0.2, 0.25) is 0 Å². The van der Waals surface area contributed by atoms with Gasteiger partial charge in [0.15, 0.2) is 0 Å². The van der Waals surface area contributed by atoms with Gasteiger partial charge in [0.05, 0.1) is 10.6 Å². The first-order valence-electron chi connectivity index (χ1n) is 5.20. The highest BCUT2D eigenvalue weighted by Crippen LogP contribution is 2.16. The zero-order valence-corrected chi connectivity index (χ0v) is 10.5. The van der Waals surface area contributed by atoms with Crippen molar-refractivity contribution in [2.75, 3.05) is 0 Å². The van der Waals surface area contributed by atoms with Gasteiger partial charge in [-0.1, -0.05) is 17.7 Å². The van der Waals surface area contributed by atoms with Crippen molar-refractivity contribution in [1.82, 2.24) is 5.32 Å². The molecule has 1 aromatic rings. The number of rotatable bonds is 4. The summed E-state index contributed by atoms with van der Waals surface area (Å²) in [5, 5.41) is 13.0. The number of hydrogen-bond acceptors (Lipinski definition) is 2. The second-order valence-corrected chi connectivity index (χ2v) is 4.91. The minimum absolute atomic E-state index is 0.0590. The summed E-state index contributed by atoms with van der Waals surface area (Å²) in [4.78, 5) is 0. The minimum atomic E-state index is -0.788. The number of nitrogens with one attached hydrogen (secondary N) is 1. The van der Waals surface area contributed by atoms with Crippen LogP contribution in [0.5, 0.6) is 0 Å². The summed E-state index contributed by atoms with van der Waals surface area (Å²) in [6.07, 6.45) is 0. The van der Waals surface area contributed by atoms with E-state index in [0.717, 1.165) is 5.56 Å². The van der Waals surface area contributed by atoms with E-state index in [1.54, 1.807) is 26.0 Å². The van der Waals surface area contributed by atoms with Crippen molar-refractivity contribution in [1.29, 1.82) is 0 Å². The lowest BCUT2D eigenvalue weighted by Crippen LogP contribution is -2.44. The summed E-state index contributed by atoms with van der Waals surface area (Å²) in [6.45, 7) is 5.92. The summed E-state index contributed by atoms with van der Waals surface area (Å²) in [5.41, 5.74) is 0.103. The highest BCUT2D eigenvalue weighted by atomic mass is 35.5. The van der Waals surface area contributed by atoms with E-state index in [4.69, 9.17) is 11.6 Å². The van der Waals surface area contributed by atoms with E-state index < -0.39 is 11.4 Å². The molecule has 0 aromatic heterocycles. The Morgan fingerprint density at radius 1 is 1.50 bits per heavy atom. The van der Waals surface area contributed by atoms with Crippen molar-refractivity contribution in [3.63, 3.8) is 0 Å². The van der Waals surface area contributed by atoms with Crippen LogP contribution < -0.4 is 5.32 Å². The maximum Gasteiger partial charge on any atom is 0.141 e. The molecule has 1 unspecified atom stereocenters. The van der Waals surface area contributed by atoms with Gasteiger partial charge in [-0.2, -0.15) is 0 Å². The molecule has 4 heteroatoms. The highest BCUT2D eigenvalue weighted by Gasteiger charge is 2.21. The van der Waals surface area contributed by atoms with Crippen molar-refractivity contribution >= 4 is 11.6 Å². The molecule has 0 fully saturated rings. The highest BCUT2D eigenvalue weighted by molar-refractivity contribution is 6.30. The maximum absolute atomic E-state index is 12.9. The fourth-order valence-corrected chi connectivity index (χ4v) is 1.37. The average molecular weight is 246 g/mol. The summed E-state index contributed by atoms with van der Waals surface area (Å²) in [7, 11) is 0. The molecule has 1 aromatic carbocycles. The van der Waals surface area contributed by atoms with Gasteiger partial charge in [0.1, 0.15) is 5.82 Å². The molecule has 0 bridgehead atoms. The van der Waals surface area contributed by atoms with Gasteiger partial charge in [-0.15, -0.1) is 0 Å². The van der Waals surface area contributed by atoms with Crippen LogP contribution in [0.3, 0.4) is 0 Å². The molecule has 0 radical (unpaired) electrons. The molecule has 0 aliphatic carbocycles. The molecule has 1 atom stereocenters. The van der Waals surface area contributed by atoms with Crippen molar-refractivity contribution in [3.05, 3.63) is 34.6 Å². The Balaban J connectivity index is 2.58. The molecular formula is C12H17ClFNO. The lowest BCUT2D eigenvalue weighted by atomic mass is 10.0. The molecule has 0 saturated carbocycles. The SMILES string of the molecule is CC(NCc1ccc(F)c(Cl)c1)C(C)(C)O. The summed E-state index contributed by atoms with van der Waals surface area (Å²) >= 11 is 5.67. The third kappa shape index (κ3) is 3.74. The topological polar surface area (TPSA) is 32.3 Å². The Hall–Kier alpha value is -0.640. The van der Waals surface area contributed by atoms with Gasteiger partial charge in [0.25, 0.3) is 0 Å². The van der Waals surface area contributed by atoms with Gasteiger partial charge in [-0.05, 0) is 38.5 Å². The summed E-state index contributed by atoms with van der Waals surface area (Å²) in [5.74, 6) is -0.416. The number of halogens is 2. The Bertz CT molecular complexity index is 363.